The number of carbonyl (C=O) groups is 2. The zero-order chi connectivity index (χ0) is 15.8. The highest BCUT2D eigenvalue weighted by atomic mass is 32.1. The molecular formula is C14H23N3O3S. The van der Waals surface area contributed by atoms with Gasteiger partial charge in [-0.3, -0.25) is 4.79 Å². The van der Waals surface area contributed by atoms with Crippen LogP contribution in [0.5, 0.6) is 0 Å². The van der Waals surface area contributed by atoms with E-state index in [2.05, 4.69) is 22.5 Å². The molecule has 3 N–H and O–H groups in total. The maximum absolute atomic E-state index is 11.8. The van der Waals surface area contributed by atoms with Crippen molar-refractivity contribution in [3.05, 3.63) is 16.1 Å². The summed E-state index contributed by atoms with van der Waals surface area (Å²) < 4.78 is 0. The first-order chi connectivity index (χ1) is 9.97. The number of urea groups is 1. The molecule has 1 aromatic heterocycles. The van der Waals surface area contributed by atoms with Crippen LogP contribution in [0.3, 0.4) is 0 Å². The number of hydrogen-bond acceptors (Lipinski definition) is 4. The summed E-state index contributed by atoms with van der Waals surface area (Å²) in [5.74, 6) is -1.42. The maximum atomic E-state index is 11.8. The highest BCUT2D eigenvalue weighted by Crippen LogP contribution is 2.20. The van der Waals surface area contributed by atoms with Gasteiger partial charge in [0.2, 0.25) is 0 Å². The number of hydrogen-bond donors (Lipinski definition) is 3. The van der Waals surface area contributed by atoms with Crippen molar-refractivity contribution in [1.82, 2.24) is 15.6 Å². The molecule has 1 heterocycles. The Kier molecular flexibility index (Phi) is 7.14. The minimum atomic E-state index is -0.877. The third kappa shape index (κ3) is 5.71. The lowest BCUT2D eigenvalue weighted by atomic mass is 10.0. The van der Waals surface area contributed by atoms with Crippen LogP contribution in [0.4, 0.5) is 4.79 Å². The fourth-order valence-corrected chi connectivity index (χ4v) is 2.73. The van der Waals surface area contributed by atoms with Crippen molar-refractivity contribution >= 4 is 23.3 Å². The van der Waals surface area contributed by atoms with Gasteiger partial charge in [0.25, 0.3) is 0 Å². The van der Waals surface area contributed by atoms with Gasteiger partial charge in [-0.1, -0.05) is 20.3 Å². The number of carboxylic acids is 1. The Labute approximate surface area is 129 Å². The van der Waals surface area contributed by atoms with Crippen molar-refractivity contribution < 1.29 is 14.7 Å². The van der Waals surface area contributed by atoms with Crippen molar-refractivity contribution in [3.8, 4) is 0 Å². The van der Waals surface area contributed by atoms with Crippen LogP contribution in [-0.4, -0.2) is 28.6 Å². The number of rotatable bonds is 8. The van der Waals surface area contributed by atoms with Crippen LogP contribution in [0.1, 0.15) is 49.5 Å². The molecule has 0 spiro atoms. The van der Waals surface area contributed by atoms with Crippen LogP contribution in [-0.2, 0) is 11.2 Å². The van der Waals surface area contributed by atoms with E-state index in [4.69, 9.17) is 5.11 Å². The number of aromatic nitrogens is 1. The van der Waals surface area contributed by atoms with Gasteiger partial charge >= 0.3 is 12.0 Å². The van der Waals surface area contributed by atoms with E-state index in [1.165, 1.54) is 4.88 Å². The van der Waals surface area contributed by atoms with Crippen molar-refractivity contribution in [1.29, 1.82) is 0 Å². The van der Waals surface area contributed by atoms with Gasteiger partial charge in [-0.25, -0.2) is 9.78 Å². The second-order valence-corrected chi connectivity index (χ2v) is 6.07. The molecule has 1 aromatic rings. The molecule has 0 bridgehead atoms. The average Bonchev–Trinajstić information content (AvgIpc) is 2.92. The summed E-state index contributed by atoms with van der Waals surface area (Å²) >= 11 is 1.57. The highest BCUT2D eigenvalue weighted by molar-refractivity contribution is 7.11. The SMILES string of the molecule is CCCC(CNC(=O)NC(C)c1ncc(CC)s1)C(=O)O. The van der Waals surface area contributed by atoms with Crippen molar-refractivity contribution in [2.45, 2.75) is 46.1 Å². The van der Waals surface area contributed by atoms with Crippen LogP contribution >= 0.6 is 11.3 Å². The van der Waals surface area contributed by atoms with Gasteiger partial charge < -0.3 is 15.7 Å². The summed E-state index contributed by atoms with van der Waals surface area (Å²) in [5, 5.41) is 15.3. The molecule has 0 saturated carbocycles. The highest BCUT2D eigenvalue weighted by Gasteiger charge is 2.18. The molecule has 0 aliphatic carbocycles. The van der Waals surface area contributed by atoms with E-state index in [0.717, 1.165) is 17.8 Å². The zero-order valence-electron chi connectivity index (χ0n) is 12.7. The van der Waals surface area contributed by atoms with Crippen LogP contribution in [0, 0.1) is 5.92 Å². The molecule has 2 amide bonds. The molecule has 2 unspecified atom stereocenters. The summed E-state index contributed by atoms with van der Waals surface area (Å²) in [6.07, 6.45) is 4.07. The molecule has 1 rings (SSSR count). The van der Waals surface area contributed by atoms with Gasteiger partial charge in [-0.15, -0.1) is 11.3 Å². The van der Waals surface area contributed by atoms with Crippen molar-refractivity contribution in [2.75, 3.05) is 6.54 Å². The van der Waals surface area contributed by atoms with Crippen molar-refractivity contribution in [2.24, 2.45) is 5.92 Å². The van der Waals surface area contributed by atoms with E-state index in [-0.39, 0.29) is 18.6 Å². The van der Waals surface area contributed by atoms with Crippen LogP contribution in [0.25, 0.3) is 0 Å². The Balaban J connectivity index is 2.43. The Bertz CT molecular complexity index is 476. The lowest BCUT2D eigenvalue weighted by Crippen LogP contribution is -2.40. The number of carboxylic acid groups (broad SMARTS) is 1. The molecule has 0 aliphatic heterocycles. The van der Waals surface area contributed by atoms with E-state index in [1.54, 1.807) is 11.3 Å². The van der Waals surface area contributed by atoms with E-state index < -0.39 is 11.9 Å². The smallest absolute Gasteiger partial charge is 0.315 e. The summed E-state index contributed by atoms with van der Waals surface area (Å²) in [4.78, 5) is 28.2. The quantitative estimate of drug-likeness (QED) is 0.688. The molecule has 2 atom stereocenters. The minimum Gasteiger partial charge on any atom is -0.481 e. The zero-order valence-corrected chi connectivity index (χ0v) is 13.5. The Morgan fingerprint density at radius 1 is 1.43 bits per heavy atom. The molecular weight excluding hydrogens is 290 g/mol. The molecule has 0 radical (unpaired) electrons. The van der Waals surface area contributed by atoms with Crippen molar-refractivity contribution in [3.63, 3.8) is 0 Å². The largest absolute Gasteiger partial charge is 0.481 e. The van der Waals surface area contributed by atoms with E-state index in [9.17, 15) is 9.59 Å². The first-order valence-corrected chi connectivity index (χ1v) is 8.01. The van der Waals surface area contributed by atoms with Gasteiger partial charge in [0.05, 0.1) is 12.0 Å². The van der Waals surface area contributed by atoms with Gasteiger partial charge in [0.15, 0.2) is 0 Å². The standard InChI is InChI=1S/C14H23N3O3S/c1-4-6-10(13(18)19)7-16-14(20)17-9(3)12-15-8-11(5-2)21-12/h8-10H,4-7H2,1-3H3,(H,18,19)(H2,16,17,20). The molecule has 21 heavy (non-hydrogen) atoms. The van der Waals surface area contributed by atoms with Gasteiger partial charge in [0, 0.05) is 17.6 Å². The molecule has 0 saturated heterocycles. The molecule has 7 heteroatoms. The number of carbonyl (C=O) groups excluding carboxylic acids is 1. The Morgan fingerprint density at radius 2 is 2.14 bits per heavy atom. The second kappa shape index (κ2) is 8.61. The normalized spacial score (nSPS) is 13.5. The fourth-order valence-electron chi connectivity index (χ4n) is 1.87. The predicted octanol–water partition coefficient (Wildman–Crippen LogP) is 2.57. The molecule has 0 aliphatic rings. The molecule has 0 aromatic carbocycles. The number of amides is 2. The summed E-state index contributed by atoms with van der Waals surface area (Å²) in [6, 6.07) is -0.553. The van der Waals surface area contributed by atoms with Crippen LogP contribution < -0.4 is 10.6 Å². The first-order valence-electron chi connectivity index (χ1n) is 7.19. The average molecular weight is 313 g/mol. The fraction of sp³-hybridized carbons (Fsp3) is 0.643. The maximum Gasteiger partial charge on any atom is 0.315 e. The number of aryl methyl sites for hydroxylation is 1. The first kappa shape index (κ1) is 17.4. The molecule has 6 nitrogen and oxygen atoms in total. The number of aliphatic carboxylic acids is 1. The number of nitrogens with one attached hydrogen (secondary N) is 2. The predicted molar refractivity (Wildman–Crippen MR) is 82.5 cm³/mol. The third-order valence-corrected chi connectivity index (χ3v) is 4.46. The van der Waals surface area contributed by atoms with E-state index in [0.29, 0.717) is 6.42 Å². The summed E-state index contributed by atoms with van der Waals surface area (Å²) in [5.41, 5.74) is 0. The second-order valence-electron chi connectivity index (χ2n) is 4.92. The summed E-state index contributed by atoms with van der Waals surface area (Å²) in [6.45, 7) is 5.98. The lowest BCUT2D eigenvalue weighted by molar-refractivity contribution is -0.141. The third-order valence-electron chi connectivity index (χ3n) is 3.13. The topological polar surface area (TPSA) is 91.3 Å². The summed E-state index contributed by atoms with van der Waals surface area (Å²) in [7, 11) is 0. The minimum absolute atomic E-state index is 0.139. The van der Waals surface area contributed by atoms with Gasteiger partial charge in [-0.05, 0) is 19.8 Å². The monoisotopic (exact) mass is 313 g/mol. The number of thiazole rings is 1. The number of nitrogens with zero attached hydrogens (tertiary/aromatic N) is 1. The van der Waals surface area contributed by atoms with Crippen LogP contribution in [0.2, 0.25) is 0 Å². The molecule has 118 valence electrons. The van der Waals surface area contributed by atoms with E-state index in [1.807, 2.05) is 20.0 Å². The molecule has 0 fully saturated rings. The van der Waals surface area contributed by atoms with Gasteiger partial charge in [0.1, 0.15) is 5.01 Å². The Morgan fingerprint density at radius 3 is 2.67 bits per heavy atom. The van der Waals surface area contributed by atoms with Gasteiger partial charge in [-0.2, -0.15) is 0 Å². The van der Waals surface area contributed by atoms with Crippen LogP contribution in [0.15, 0.2) is 6.20 Å². The van der Waals surface area contributed by atoms with E-state index >= 15 is 0 Å². The lowest BCUT2D eigenvalue weighted by Gasteiger charge is -2.15. The Hall–Kier alpha value is -1.63.